The summed E-state index contributed by atoms with van der Waals surface area (Å²) in [7, 11) is -3.00. The number of ether oxygens (including phenoxy) is 1. The first kappa shape index (κ1) is 23.6. The number of hydrogen-bond donors (Lipinski definition) is 1. The quantitative estimate of drug-likeness (QED) is 0.567. The molecule has 0 spiro atoms. The highest BCUT2D eigenvalue weighted by Crippen LogP contribution is 2.30. The standard InChI is InChI=1S/C25H37N5O3S/c31-34(32)17-6-8-20(19-34)26-24-22-10-9-21(33-16-7-13-29-11-2-1-3-12-29)18-23(22)27-25(28-24)30-14-4-5-15-30/h9-10,18,20H,1-8,11-17,19H2,(H,26,27,28). The van der Waals surface area contributed by atoms with Crippen LogP contribution in [0.25, 0.3) is 10.9 Å². The van der Waals surface area contributed by atoms with E-state index in [0.29, 0.717) is 19.0 Å². The third kappa shape index (κ3) is 5.92. The van der Waals surface area contributed by atoms with Gasteiger partial charge in [0.15, 0.2) is 9.84 Å². The number of aromatic nitrogens is 2. The summed E-state index contributed by atoms with van der Waals surface area (Å²) in [5, 5.41) is 4.36. The predicted octanol–water partition coefficient (Wildman–Crippen LogP) is 3.47. The highest BCUT2D eigenvalue weighted by atomic mass is 32.2. The minimum absolute atomic E-state index is 0.117. The Hall–Kier alpha value is -2.13. The molecule has 2 aromatic rings. The van der Waals surface area contributed by atoms with E-state index < -0.39 is 9.84 Å². The molecule has 34 heavy (non-hydrogen) atoms. The molecule has 1 N–H and O–H groups in total. The Morgan fingerprint density at radius 2 is 1.79 bits per heavy atom. The van der Waals surface area contributed by atoms with Gasteiger partial charge in [0.25, 0.3) is 0 Å². The fourth-order valence-electron chi connectivity index (χ4n) is 5.35. The van der Waals surface area contributed by atoms with Crippen LogP contribution in [0.4, 0.5) is 11.8 Å². The number of anilines is 2. The number of nitrogens with one attached hydrogen (secondary N) is 1. The van der Waals surface area contributed by atoms with E-state index in [0.717, 1.165) is 67.8 Å². The van der Waals surface area contributed by atoms with Crippen molar-refractivity contribution in [1.82, 2.24) is 14.9 Å². The third-order valence-electron chi connectivity index (χ3n) is 7.19. The molecule has 0 bridgehead atoms. The molecule has 3 aliphatic heterocycles. The molecule has 3 aliphatic rings. The summed E-state index contributed by atoms with van der Waals surface area (Å²) in [6, 6.07) is 5.86. The van der Waals surface area contributed by atoms with Gasteiger partial charge in [-0.1, -0.05) is 6.42 Å². The average molecular weight is 488 g/mol. The highest BCUT2D eigenvalue weighted by Gasteiger charge is 2.26. The summed E-state index contributed by atoms with van der Waals surface area (Å²) in [5.74, 6) is 2.71. The molecule has 1 unspecified atom stereocenters. The van der Waals surface area contributed by atoms with E-state index in [1.54, 1.807) is 0 Å². The van der Waals surface area contributed by atoms with Crippen LogP contribution in [0, 0.1) is 0 Å². The summed E-state index contributed by atoms with van der Waals surface area (Å²) < 4.78 is 30.4. The van der Waals surface area contributed by atoms with E-state index >= 15 is 0 Å². The first-order valence-corrected chi connectivity index (χ1v) is 14.8. The zero-order chi connectivity index (χ0) is 23.4. The van der Waals surface area contributed by atoms with Crippen molar-refractivity contribution < 1.29 is 13.2 Å². The van der Waals surface area contributed by atoms with Crippen molar-refractivity contribution in [1.29, 1.82) is 0 Å². The summed E-state index contributed by atoms with van der Waals surface area (Å²) >= 11 is 0. The van der Waals surface area contributed by atoms with Gasteiger partial charge in [-0.2, -0.15) is 4.98 Å². The lowest BCUT2D eigenvalue weighted by Gasteiger charge is -2.26. The Labute approximate surface area is 203 Å². The number of benzene rings is 1. The minimum atomic E-state index is -3.00. The van der Waals surface area contributed by atoms with Crippen LogP contribution in [0.1, 0.15) is 51.4 Å². The van der Waals surface area contributed by atoms with Gasteiger partial charge in [0.1, 0.15) is 11.6 Å². The summed E-state index contributed by atoms with van der Waals surface area (Å²) in [5.41, 5.74) is 0.839. The fraction of sp³-hybridized carbons (Fsp3) is 0.680. The molecule has 0 amide bonds. The molecule has 3 fully saturated rings. The fourth-order valence-corrected chi connectivity index (χ4v) is 6.98. The molecular weight excluding hydrogens is 450 g/mol. The van der Waals surface area contributed by atoms with Crippen molar-refractivity contribution in [3.63, 3.8) is 0 Å². The van der Waals surface area contributed by atoms with Gasteiger partial charge in [-0.15, -0.1) is 0 Å². The van der Waals surface area contributed by atoms with Crippen molar-refractivity contribution in [3.05, 3.63) is 18.2 Å². The van der Waals surface area contributed by atoms with Gasteiger partial charge in [0, 0.05) is 37.1 Å². The Kier molecular flexibility index (Phi) is 7.39. The van der Waals surface area contributed by atoms with Crippen LogP contribution in [-0.4, -0.2) is 80.2 Å². The molecule has 8 nitrogen and oxygen atoms in total. The summed E-state index contributed by atoms with van der Waals surface area (Å²) in [6.45, 7) is 6.11. The van der Waals surface area contributed by atoms with E-state index in [1.807, 2.05) is 18.2 Å². The lowest BCUT2D eigenvalue weighted by molar-refractivity contribution is 0.205. The van der Waals surface area contributed by atoms with E-state index in [2.05, 4.69) is 15.1 Å². The maximum Gasteiger partial charge on any atom is 0.227 e. The summed E-state index contributed by atoms with van der Waals surface area (Å²) in [4.78, 5) is 14.5. The van der Waals surface area contributed by atoms with Gasteiger partial charge >= 0.3 is 0 Å². The Morgan fingerprint density at radius 3 is 2.59 bits per heavy atom. The van der Waals surface area contributed by atoms with Gasteiger partial charge in [0.05, 0.1) is 23.6 Å². The number of fused-ring (bicyclic) bond motifs is 1. The third-order valence-corrected chi connectivity index (χ3v) is 9.01. The smallest absolute Gasteiger partial charge is 0.227 e. The van der Waals surface area contributed by atoms with Crippen molar-refractivity contribution in [3.8, 4) is 5.75 Å². The van der Waals surface area contributed by atoms with E-state index in [-0.39, 0.29) is 17.5 Å². The average Bonchev–Trinajstić information content (AvgIpc) is 3.37. The van der Waals surface area contributed by atoms with Gasteiger partial charge in [-0.05, 0) is 70.2 Å². The number of hydrogen-bond acceptors (Lipinski definition) is 8. The monoisotopic (exact) mass is 487 g/mol. The van der Waals surface area contributed by atoms with E-state index in [1.165, 1.54) is 32.4 Å². The van der Waals surface area contributed by atoms with Gasteiger partial charge in [-0.25, -0.2) is 13.4 Å². The van der Waals surface area contributed by atoms with Crippen LogP contribution in [0.3, 0.4) is 0 Å². The molecule has 0 saturated carbocycles. The number of likely N-dealkylation sites (tertiary alicyclic amines) is 1. The number of sulfone groups is 1. The lowest BCUT2D eigenvalue weighted by atomic mass is 10.1. The number of rotatable bonds is 8. The van der Waals surface area contributed by atoms with E-state index in [9.17, 15) is 8.42 Å². The molecule has 186 valence electrons. The van der Waals surface area contributed by atoms with Crippen LogP contribution in [0.15, 0.2) is 18.2 Å². The zero-order valence-corrected chi connectivity index (χ0v) is 20.9. The Balaban J connectivity index is 1.32. The first-order valence-electron chi connectivity index (χ1n) is 12.9. The minimum Gasteiger partial charge on any atom is -0.493 e. The maximum atomic E-state index is 12.2. The summed E-state index contributed by atoms with van der Waals surface area (Å²) in [6.07, 6.45) is 8.82. The number of piperidine rings is 1. The molecule has 5 rings (SSSR count). The maximum absolute atomic E-state index is 12.2. The SMILES string of the molecule is O=S1(=O)CCCC(Nc2nc(N3CCCC3)nc3cc(OCCCN4CCCCC4)ccc23)C1. The molecule has 0 radical (unpaired) electrons. The van der Waals surface area contributed by atoms with Crippen LogP contribution in [0.2, 0.25) is 0 Å². The van der Waals surface area contributed by atoms with Crippen molar-refractivity contribution in [2.45, 2.75) is 57.4 Å². The normalized spacial score (nSPS) is 23.3. The second kappa shape index (κ2) is 10.6. The molecule has 1 aromatic carbocycles. The lowest BCUT2D eigenvalue weighted by Crippen LogP contribution is -2.35. The van der Waals surface area contributed by atoms with Crippen molar-refractivity contribution >= 4 is 32.5 Å². The van der Waals surface area contributed by atoms with Crippen LogP contribution >= 0.6 is 0 Å². The van der Waals surface area contributed by atoms with Crippen LogP contribution in [0.5, 0.6) is 5.75 Å². The van der Waals surface area contributed by atoms with Crippen molar-refractivity contribution in [2.75, 3.05) is 61.1 Å². The molecule has 1 atom stereocenters. The second-order valence-electron chi connectivity index (χ2n) is 9.95. The van der Waals surface area contributed by atoms with Gasteiger partial charge < -0.3 is 19.9 Å². The van der Waals surface area contributed by atoms with Crippen molar-refractivity contribution in [2.24, 2.45) is 0 Å². The van der Waals surface area contributed by atoms with Crippen LogP contribution in [-0.2, 0) is 9.84 Å². The van der Waals surface area contributed by atoms with Crippen LogP contribution < -0.4 is 15.0 Å². The second-order valence-corrected chi connectivity index (χ2v) is 12.2. The topological polar surface area (TPSA) is 87.7 Å². The Morgan fingerprint density at radius 1 is 1.00 bits per heavy atom. The predicted molar refractivity (Wildman–Crippen MR) is 137 cm³/mol. The molecule has 1 aromatic heterocycles. The first-order chi connectivity index (χ1) is 16.6. The Bertz CT molecular complexity index is 1080. The molecule has 3 saturated heterocycles. The number of nitrogens with zero attached hydrogens (tertiary/aromatic N) is 4. The molecule has 0 aliphatic carbocycles. The van der Waals surface area contributed by atoms with Gasteiger partial charge in [0.2, 0.25) is 5.95 Å². The molecule has 9 heteroatoms. The van der Waals surface area contributed by atoms with E-state index in [4.69, 9.17) is 14.7 Å². The highest BCUT2D eigenvalue weighted by molar-refractivity contribution is 7.91. The largest absolute Gasteiger partial charge is 0.493 e. The zero-order valence-electron chi connectivity index (χ0n) is 20.0. The molecule has 4 heterocycles. The van der Waals surface area contributed by atoms with Gasteiger partial charge in [-0.3, -0.25) is 0 Å². The molecular formula is C25H37N5O3S.